The van der Waals surface area contributed by atoms with E-state index in [4.69, 9.17) is 0 Å². The second-order valence-electron chi connectivity index (χ2n) is 2.54. The number of imide groups is 1. The molecule has 4 heteroatoms. The third-order valence-corrected chi connectivity index (χ3v) is 1.76. The largest absolute Gasteiger partial charge is 0.335 e. The molecule has 1 heterocycles. The zero-order chi connectivity index (χ0) is 7.72. The van der Waals surface area contributed by atoms with Crippen molar-refractivity contribution in [3.63, 3.8) is 0 Å². The summed E-state index contributed by atoms with van der Waals surface area (Å²) in [6, 6.07) is -0.447. The molecule has 0 aromatic heterocycles. The van der Waals surface area contributed by atoms with Crippen molar-refractivity contribution in [1.29, 1.82) is 0 Å². The van der Waals surface area contributed by atoms with E-state index in [9.17, 15) is 9.59 Å². The number of nitrogens with one attached hydrogen (secondary N) is 2. The van der Waals surface area contributed by atoms with Gasteiger partial charge >= 0.3 is 6.03 Å². The standard InChI is InChI=1S/C6H10N2O2/c1-3-4(2)7-6(10)8-5(3)9/h3-4H,1-2H3,(H2,7,8,9,10)/t3-,4+/m0/s1. The summed E-state index contributed by atoms with van der Waals surface area (Å²) in [4.78, 5) is 21.4. The van der Waals surface area contributed by atoms with Gasteiger partial charge in [-0.2, -0.15) is 0 Å². The average Bonchev–Trinajstić information content (AvgIpc) is 1.82. The van der Waals surface area contributed by atoms with Crippen LogP contribution >= 0.6 is 0 Å². The fraction of sp³-hybridized carbons (Fsp3) is 0.667. The molecule has 0 aromatic rings. The normalized spacial score (nSPS) is 33.0. The van der Waals surface area contributed by atoms with Crippen molar-refractivity contribution < 1.29 is 9.59 Å². The first-order valence-electron chi connectivity index (χ1n) is 3.22. The van der Waals surface area contributed by atoms with E-state index >= 15 is 0 Å². The van der Waals surface area contributed by atoms with Crippen molar-refractivity contribution in [3.05, 3.63) is 0 Å². The van der Waals surface area contributed by atoms with Gasteiger partial charge in [-0.3, -0.25) is 10.1 Å². The third kappa shape index (κ3) is 1.10. The summed E-state index contributed by atoms with van der Waals surface area (Å²) in [6.07, 6.45) is 0. The van der Waals surface area contributed by atoms with Crippen LogP contribution in [0.5, 0.6) is 0 Å². The van der Waals surface area contributed by atoms with E-state index < -0.39 is 6.03 Å². The first-order chi connectivity index (χ1) is 4.61. The van der Waals surface area contributed by atoms with Crippen LogP contribution in [0.1, 0.15) is 13.8 Å². The molecule has 4 nitrogen and oxygen atoms in total. The Labute approximate surface area is 59.0 Å². The topological polar surface area (TPSA) is 58.2 Å². The molecule has 2 atom stereocenters. The van der Waals surface area contributed by atoms with Gasteiger partial charge in [-0.15, -0.1) is 0 Å². The number of carbonyl (C=O) groups is 2. The van der Waals surface area contributed by atoms with Crippen LogP contribution in [0.4, 0.5) is 4.79 Å². The fourth-order valence-electron chi connectivity index (χ4n) is 0.821. The lowest BCUT2D eigenvalue weighted by molar-refractivity contribution is -0.124. The summed E-state index contributed by atoms with van der Waals surface area (Å²) >= 11 is 0. The van der Waals surface area contributed by atoms with Gasteiger partial charge in [0.05, 0.1) is 5.92 Å². The monoisotopic (exact) mass is 142 g/mol. The molecule has 1 aliphatic heterocycles. The van der Waals surface area contributed by atoms with Crippen molar-refractivity contribution in [1.82, 2.24) is 10.6 Å². The van der Waals surface area contributed by atoms with E-state index in [-0.39, 0.29) is 17.9 Å². The molecule has 2 N–H and O–H groups in total. The van der Waals surface area contributed by atoms with Crippen LogP contribution in [0.25, 0.3) is 0 Å². The molecule has 0 saturated carbocycles. The second-order valence-corrected chi connectivity index (χ2v) is 2.54. The van der Waals surface area contributed by atoms with Crippen molar-refractivity contribution in [3.8, 4) is 0 Å². The van der Waals surface area contributed by atoms with Gasteiger partial charge in [0.1, 0.15) is 0 Å². The number of rotatable bonds is 0. The highest BCUT2D eigenvalue weighted by molar-refractivity contribution is 5.98. The van der Waals surface area contributed by atoms with E-state index in [0.717, 1.165) is 0 Å². The molecule has 3 amide bonds. The quantitative estimate of drug-likeness (QED) is 0.494. The first-order valence-corrected chi connectivity index (χ1v) is 3.22. The highest BCUT2D eigenvalue weighted by Crippen LogP contribution is 2.05. The minimum absolute atomic E-state index is 0.0544. The number of carbonyl (C=O) groups excluding carboxylic acids is 2. The Bertz CT molecular complexity index is 179. The van der Waals surface area contributed by atoms with Gasteiger partial charge in [0, 0.05) is 6.04 Å². The SMILES string of the molecule is C[C@@H]1C(=O)NC(=O)N[C@@H]1C. The minimum Gasteiger partial charge on any atom is -0.335 e. The summed E-state index contributed by atoms with van der Waals surface area (Å²) in [5.74, 6) is -0.325. The van der Waals surface area contributed by atoms with Crippen LogP contribution in [0.15, 0.2) is 0 Å². The highest BCUT2D eigenvalue weighted by Gasteiger charge is 2.27. The Morgan fingerprint density at radius 1 is 1.30 bits per heavy atom. The molecule has 0 unspecified atom stereocenters. The summed E-state index contributed by atoms with van der Waals surface area (Å²) in [5, 5.41) is 4.76. The maximum Gasteiger partial charge on any atom is 0.321 e. The lowest BCUT2D eigenvalue weighted by Crippen LogP contribution is -2.56. The van der Waals surface area contributed by atoms with Gasteiger partial charge in [-0.1, -0.05) is 6.92 Å². The van der Waals surface area contributed by atoms with E-state index in [1.807, 2.05) is 0 Å². The zero-order valence-corrected chi connectivity index (χ0v) is 5.97. The molecule has 0 bridgehead atoms. The number of hydrogen-bond acceptors (Lipinski definition) is 2. The Hall–Kier alpha value is -1.06. The van der Waals surface area contributed by atoms with Crippen LogP contribution in [-0.4, -0.2) is 18.0 Å². The van der Waals surface area contributed by atoms with Gasteiger partial charge in [-0.25, -0.2) is 4.79 Å². The summed E-state index contributed by atoms with van der Waals surface area (Å²) in [5.41, 5.74) is 0. The van der Waals surface area contributed by atoms with Gasteiger partial charge in [0.15, 0.2) is 0 Å². The lowest BCUT2D eigenvalue weighted by Gasteiger charge is -2.25. The molecule has 10 heavy (non-hydrogen) atoms. The molecule has 0 spiro atoms. The Kier molecular flexibility index (Phi) is 1.61. The molecule has 1 saturated heterocycles. The van der Waals surface area contributed by atoms with Gasteiger partial charge in [0.25, 0.3) is 0 Å². The van der Waals surface area contributed by atoms with Crippen LogP contribution in [0, 0.1) is 5.92 Å². The predicted molar refractivity (Wildman–Crippen MR) is 35.3 cm³/mol. The Morgan fingerprint density at radius 2 is 1.90 bits per heavy atom. The lowest BCUT2D eigenvalue weighted by atomic mass is 10.0. The molecule has 1 rings (SSSR count). The van der Waals surface area contributed by atoms with Crippen LogP contribution < -0.4 is 10.6 Å². The maximum atomic E-state index is 10.8. The van der Waals surface area contributed by atoms with Gasteiger partial charge in [-0.05, 0) is 6.92 Å². The molecule has 1 fully saturated rings. The molecule has 1 aliphatic rings. The number of urea groups is 1. The fourth-order valence-corrected chi connectivity index (χ4v) is 0.821. The Balaban J connectivity index is 2.66. The molecular weight excluding hydrogens is 132 g/mol. The van der Waals surface area contributed by atoms with E-state index in [0.29, 0.717) is 0 Å². The van der Waals surface area contributed by atoms with E-state index in [1.165, 1.54) is 0 Å². The number of amides is 3. The van der Waals surface area contributed by atoms with Crippen molar-refractivity contribution in [2.45, 2.75) is 19.9 Å². The van der Waals surface area contributed by atoms with E-state index in [1.54, 1.807) is 13.8 Å². The smallest absolute Gasteiger partial charge is 0.321 e. The summed E-state index contributed by atoms with van der Waals surface area (Å²) in [7, 11) is 0. The minimum atomic E-state index is -0.393. The molecule has 0 aliphatic carbocycles. The van der Waals surface area contributed by atoms with Gasteiger partial charge < -0.3 is 5.32 Å². The highest BCUT2D eigenvalue weighted by atomic mass is 16.2. The number of hydrogen-bond donors (Lipinski definition) is 2. The zero-order valence-electron chi connectivity index (χ0n) is 5.97. The molecule has 0 aromatic carbocycles. The van der Waals surface area contributed by atoms with Crippen LogP contribution in [0.3, 0.4) is 0 Å². The van der Waals surface area contributed by atoms with Crippen molar-refractivity contribution in [2.24, 2.45) is 5.92 Å². The van der Waals surface area contributed by atoms with Crippen LogP contribution in [-0.2, 0) is 4.79 Å². The maximum absolute atomic E-state index is 10.8. The average molecular weight is 142 g/mol. The summed E-state index contributed by atoms with van der Waals surface area (Å²) in [6.45, 7) is 3.58. The van der Waals surface area contributed by atoms with Crippen LogP contribution in [0.2, 0.25) is 0 Å². The molecular formula is C6H10N2O2. The van der Waals surface area contributed by atoms with Crippen molar-refractivity contribution >= 4 is 11.9 Å². The van der Waals surface area contributed by atoms with Crippen molar-refractivity contribution in [2.75, 3.05) is 0 Å². The summed E-state index contributed by atoms with van der Waals surface area (Å²) < 4.78 is 0. The second kappa shape index (κ2) is 2.28. The molecule has 56 valence electrons. The van der Waals surface area contributed by atoms with E-state index in [2.05, 4.69) is 10.6 Å². The third-order valence-electron chi connectivity index (χ3n) is 1.76. The Morgan fingerprint density at radius 3 is 2.40 bits per heavy atom. The predicted octanol–water partition coefficient (Wildman–Crippen LogP) is -0.150. The molecule has 0 radical (unpaired) electrons. The first kappa shape index (κ1) is 7.05. The van der Waals surface area contributed by atoms with Gasteiger partial charge in [0.2, 0.25) is 5.91 Å².